The predicted octanol–water partition coefficient (Wildman–Crippen LogP) is 3.72. The fraction of sp³-hybridized carbons (Fsp3) is 0.583. The van der Waals surface area contributed by atoms with Gasteiger partial charge in [0.2, 0.25) is 5.91 Å². The molecule has 0 aliphatic heterocycles. The van der Waals surface area contributed by atoms with E-state index in [1.165, 1.54) is 0 Å². The van der Waals surface area contributed by atoms with E-state index in [1.807, 2.05) is 29.2 Å². The number of hydrogen-bond acceptors (Lipinski definition) is 6. The number of hydrogen-bond donors (Lipinski definition) is 2. The zero-order valence-corrected chi connectivity index (χ0v) is 20.3. The van der Waals surface area contributed by atoms with Crippen molar-refractivity contribution in [2.75, 3.05) is 11.4 Å². The number of nitrogens with two attached hydrogens (primary N) is 1. The minimum atomic E-state index is -0.745. The van der Waals surface area contributed by atoms with E-state index in [2.05, 4.69) is 26.1 Å². The van der Waals surface area contributed by atoms with Crippen LogP contribution in [-0.4, -0.2) is 39.2 Å². The third-order valence-corrected chi connectivity index (χ3v) is 8.61. The molecule has 0 saturated heterocycles. The molecule has 33 heavy (non-hydrogen) atoms. The zero-order valence-electron chi connectivity index (χ0n) is 18.7. The summed E-state index contributed by atoms with van der Waals surface area (Å²) in [6, 6.07) is 7.88. The number of fused-ring (bicyclic) bond motifs is 3. The lowest BCUT2D eigenvalue weighted by Crippen LogP contribution is -2.54. The Morgan fingerprint density at radius 3 is 2.42 bits per heavy atom. The Labute approximate surface area is 201 Å². The van der Waals surface area contributed by atoms with Crippen LogP contribution in [0.25, 0.3) is 0 Å². The monoisotopic (exact) mass is 516 g/mol. The van der Waals surface area contributed by atoms with Gasteiger partial charge in [0.1, 0.15) is 0 Å². The van der Waals surface area contributed by atoms with Crippen LogP contribution in [0, 0.1) is 11.3 Å². The number of anilines is 1. The molecule has 4 aliphatic rings. The van der Waals surface area contributed by atoms with Gasteiger partial charge in [-0.3, -0.25) is 9.59 Å². The van der Waals surface area contributed by atoms with Gasteiger partial charge < -0.3 is 20.3 Å². The maximum atomic E-state index is 13.5. The molecule has 8 nitrogen and oxygen atoms in total. The maximum Gasteiger partial charge on any atom is 0.315 e. The Morgan fingerprint density at radius 2 is 1.88 bits per heavy atom. The molecule has 2 aromatic rings. The molecule has 0 radical (unpaired) electrons. The summed E-state index contributed by atoms with van der Waals surface area (Å²) in [5.41, 5.74) is 5.28. The Balaban J connectivity index is 1.36. The van der Waals surface area contributed by atoms with E-state index in [0.717, 1.165) is 48.7 Å². The summed E-state index contributed by atoms with van der Waals surface area (Å²) in [5.74, 6) is -0.302. The minimum absolute atomic E-state index is 0.0300. The van der Waals surface area contributed by atoms with Crippen molar-refractivity contribution in [3.63, 3.8) is 0 Å². The molecule has 4 fully saturated rings. The first-order valence-electron chi connectivity index (χ1n) is 11.5. The Hall–Kier alpha value is -2.26. The second kappa shape index (κ2) is 7.91. The van der Waals surface area contributed by atoms with Crippen molar-refractivity contribution in [1.29, 1.82) is 0 Å². The van der Waals surface area contributed by atoms with Crippen molar-refractivity contribution in [2.24, 2.45) is 17.1 Å². The second-order valence-corrected chi connectivity index (χ2v) is 11.5. The number of nitrogens with zero attached hydrogens (tertiary/aromatic N) is 3. The number of aromatic nitrogens is 2. The summed E-state index contributed by atoms with van der Waals surface area (Å²) in [6.45, 7) is 2.46. The van der Waals surface area contributed by atoms with Crippen molar-refractivity contribution >= 4 is 33.4 Å². The molecule has 2 bridgehead atoms. The summed E-state index contributed by atoms with van der Waals surface area (Å²) < 4.78 is 6.00. The van der Waals surface area contributed by atoms with Gasteiger partial charge in [0.25, 0.3) is 0 Å². The van der Waals surface area contributed by atoms with Crippen LogP contribution in [0.3, 0.4) is 0 Å². The quantitative estimate of drug-likeness (QED) is 0.602. The topological polar surface area (TPSA) is 123 Å². The van der Waals surface area contributed by atoms with Crippen LogP contribution < -0.4 is 10.6 Å². The van der Waals surface area contributed by atoms with Crippen LogP contribution in [0.2, 0.25) is 0 Å². The number of benzene rings is 1. The van der Waals surface area contributed by atoms with Crippen LogP contribution in [0.1, 0.15) is 74.8 Å². The molecular weight excluding hydrogens is 488 g/mol. The number of carbonyl (C=O) groups is 2. The molecule has 0 atom stereocenters. The Bertz CT molecular complexity index is 1070. The van der Waals surface area contributed by atoms with E-state index in [-0.39, 0.29) is 28.5 Å². The minimum Gasteiger partial charge on any atom is -0.390 e. The summed E-state index contributed by atoms with van der Waals surface area (Å²) >= 11 is 3.54. The Morgan fingerprint density at radius 1 is 1.21 bits per heavy atom. The van der Waals surface area contributed by atoms with Crippen molar-refractivity contribution < 1.29 is 19.2 Å². The van der Waals surface area contributed by atoms with E-state index in [4.69, 9.17) is 10.3 Å². The first kappa shape index (κ1) is 22.5. The number of primary amides is 1. The number of halogens is 1. The molecule has 3 N–H and O–H groups in total. The second-order valence-electron chi connectivity index (χ2n) is 10.6. The SMILES string of the molecule is CC1(O)CC(C(=O)N(CC23CCC(c4noc(C(N)=O)n4)(CC2)CC3)c2cccc(Br)c2)C1. The Kier molecular flexibility index (Phi) is 5.40. The van der Waals surface area contributed by atoms with E-state index >= 15 is 0 Å². The standard InChI is InChI=1S/C24H29BrN4O4/c1-22(32)12-15(13-22)20(31)29(17-4-2-3-16(25)11-17)14-23-5-8-24(9-6-23,10-7-23)21-27-19(18(26)30)33-28-21/h2-4,11,15,32H,5-10,12-14H2,1H3,(H2,26,30). The van der Waals surface area contributed by atoms with Crippen LogP contribution >= 0.6 is 15.9 Å². The average molecular weight is 517 g/mol. The fourth-order valence-corrected chi connectivity index (χ4v) is 6.43. The molecule has 1 heterocycles. The largest absolute Gasteiger partial charge is 0.390 e. The normalized spacial score (nSPS) is 32.9. The van der Waals surface area contributed by atoms with Crippen molar-refractivity contribution in [2.45, 2.75) is 69.3 Å². The number of carbonyl (C=O) groups excluding carboxylic acids is 2. The van der Waals surface area contributed by atoms with Gasteiger partial charge in [0.05, 0.1) is 5.60 Å². The van der Waals surface area contributed by atoms with Gasteiger partial charge >= 0.3 is 11.8 Å². The third kappa shape index (κ3) is 4.10. The summed E-state index contributed by atoms with van der Waals surface area (Å²) in [7, 11) is 0. The van der Waals surface area contributed by atoms with Crippen molar-refractivity contribution in [3.8, 4) is 0 Å². The smallest absolute Gasteiger partial charge is 0.315 e. The molecule has 176 valence electrons. The van der Waals surface area contributed by atoms with E-state index in [1.54, 1.807) is 6.92 Å². The lowest BCUT2D eigenvalue weighted by atomic mass is 9.53. The van der Waals surface area contributed by atoms with Gasteiger partial charge in [-0.05, 0) is 81.9 Å². The summed E-state index contributed by atoms with van der Waals surface area (Å²) in [5, 5.41) is 14.3. The zero-order chi connectivity index (χ0) is 23.4. The molecular formula is C24H29BrN4O4. The van der Waals surface area contributed by atoms with Gasteiger partial charge in [-0.2, -0.15) is 4.98 Å². The van der Waals surface area contributed by atoms with Gasteiger partial charge in [0.15, 0.2) is 5.82 Å². The predicted molar refractivity (Wildman–Crippen MR) is 124 cm³/mol. The average Bonchev–Trinajstić information content (AvgIpc) is 3.28. The molecule has 6 rings (SSSR count). The number of rotatable bonds is 6. The molecule has 1 aromatic carbocycles. The molecule has 0 unspecified atom stereocenters. The van der Waals surface area contributed by atoms with Crippen LogP contribution in [0.5, 0.6) is 0 Å². The molecule has 1 aromatic heterocycles. The number of aliphatic hydroxyl groups is 1. The molecule has 9 heteroatoms. The van der Waals surface area contributed by atoms with Gasteiger partial charge in [-0.15, -0.1) is 0 Å². The van der Waals surface area contributed by atoms with E-state index in [9.17, 15) is 14.7 Å². The highest BCUT2D eigenvalue weighted by atomic mass is 79.9. The summed E-state index contributed by atoms with van der Waals surface area (Å²) in [6.07, 6.45) is 6.55. The van der Waals surface area contributed by atoms with Crippen LogP contribution in [0.4, 0.5) is 5.69 Å². The first-order chi connectivity index (χ1) is 15.6. The first-order valence-corrected chi connectivity index (χ1v) is 12.3. The highest BCUT2D eigenvalue weighted by Gasteiger charge is 2.53. The van der Waals surface area contributed by atoms with E-state index < -0.39 is 11.5 Å². The molecule has 2 amide bonds. The number of amides is 2. The molecule has 4 saturated carbocycles. The fourth-order valence-electron chi connectivity index (χ4n) is 6.05. The van der Waals surface area contributed by atoms with Crippen molar-refractivity contribution in [3.05, 3.63) is 40.5 Å². The van der Waals surface area contributed by atoms with Gasteiger partial charge in [-0.25, -0.2) is 0 Å². The third-order valence-electron chi connectivity index (χ3n) is 8.11. The highest BCUT2D eigenvalue weighted by Crippen LogP contribution is 2.57. The van der Waals surface area contributed by atoms with E-state index in [0.29, 0.717) is 25.2 Å². The van der Waals surface area contributed by atoms with Crippen molar-refractivity contribution in [1.82, 2.24) is 10.1 Å². The molecule has 0 spiro atoms. The molecule has 4 aliphatic carbocycles. The maximum absolute atomic E-state index is 13.5. The lowest BCUT2D eigenvalue weighted by molar-refractivity contribution is -0.137. The van der Waals surface area contributed by atoms with Crippen LogP contribution in [0.15, 0.2) is 33.3 Å². The van der Waals surface area contributed by atoms with Gasteiger partial charge in [0, 0.05) is 28.0 Å². The highest BCUT2D eigenvalue weighted by molar-refractivity contribution is 9.10. The van der Waals surface area contributed by atoms with Crippen LogP contribution in [-0.2, 0) is 10.2 Å². The lowest BCUT2D eigenvalue weighted by Gasteiger charge is -2.54. The van der Waals surface area contributed by atoms with Gasteiger partial charge in [-0.1, -0.05) is 27.2 Å². The summed E-state index contributed by atoms with van der Waals surface area (Å²) in [4.78, 5) is 31.2.